The highest BCUT2D eigenvalue weighted by atomic mass is 19.4. The summed E-state index contributed by atoms with van der Waals surface area (Å²) in [6, 6.07) is 8.80. The monoisotopic (exact) mass is 350 g/mol. The number of fused-ring (bicyclic) bond motifs is 1. The van der Waals surface area contributed by atoms with Crippen LogP contribution in [0.4, 0.5) is 13.2 Å². The van der Waals surface area contributed by atoms with Crippen LogP contribution < -0.4 is 5.43 Å². The van der Waals surface area contributed by atoms with Gasteiger partial charge in [-0.3, -0.25) is 10.2 Å². The van der Waals surface area contributed by atoms with E-state index < -0.39 is 12.2 Å². The Kier molecular flexibility index (Phi) is 4.99. The summed E-state index contributed by atoms with van der Waals surface area (Å²) in [5.41, 5.74) is 3.49. The third-order valence-corrected chi connectivity index (χ3v) is 4.59. The zero-order valence-corrected chi connectivity index (χ0v) is 14.1. The van der Waals surface area contributed by atoms with Gasteiger partial charge in [-0.15, -0.1) is 0 Å². The normalized spacial score (nSPS) is 17.0. The number of aryl methyl sites for hydroxylation is 1. The first-order chi connectivity index (χ1) is 11.9. The molecule has 25 heavy (non-hydrogen) atoms. The smallest absolute Gasteiger partial charge is 0.288 e. The number of amides is 1. The molecule has 0 saturated carbocycles. The molecule has 6 heteroatoms. The van der Waals surface area contributed by atoms with Gasteiger partial charge in [0.2, 0.25) is 5.91 Å². The van der Waals surface area contributed by atoms with E-state index in [0.29, 0.717) is 5.39 Å². The Morgan fingerprint density at radius 3 is 2.52 bits per heavy atom. The predicted molar refractivity (Wildman–Crippen MR) is 90.8 cm³/mol. The summed E-state index contributed by atoms with van der Waals surface area (Å²) in [6.07, 6.45) is -1.76. The predicted octanol–water partition coefficient (Wildman–Crippen LogP) is 4.52. The molecular weight excluding hydrogens is 329 g/mol. The number of alkyl halides is 3. The van der Waals surface area contributed by atoms with Crippen molar-refractivity contribution in [2.24, 2.45) is 0 Å². The van der Waals surface area contributed by atoms with Crippen molar-refractivity contribution in [1.82, 2.24) is 10.4 Å². The minimum Gasteiger partial charge on any atom is -0.288 e. The maximum Gasteiger partial charge on any atom is 0.409 e. The quantitative estimate of drug-likeness (QED) is 0.860. The van der Waals surface area contributed by atoms with Crippen LogP contribution >= 0.6 is 0 Å². The van der Waals surface area contributed by atoms with Crippen LogP contribution in [0, 0.1) is 0 Å². The van der Waals surface area contributed by atoms with Gasteiger partial charge in [0.1, 0.15) is 0 Å². The zero-order chi connectivity index (χ0) is 18.0. The lowest BCUT2D eigenvalue weighted by Crippen LogP contribution is -2.43. The van der Waals surface area contributed by atoms with Crippen molar-refractivity contribution in [2.45, 2.75) is 44.8 Å². The van der Waals surface area contributed by atoms with Gasteiger partial charge in [0.05, 0.1) is 0 Å². The third kappa shape index (κ3) is 3.63. The molecule has 1 saturated heterocycles. The Morgan fingerprint density at radius 2 is 1.92 bits per heavy atom. The van der Waals surface area contributed by atoms with E-state index in [9.17, 15) is 18.0 Å². The number of rotatable bonds is 5. The van der Waals surface area contributed by atoms with Crippen LogP contribution in [0.1, 0.15) is 43.4 Å². The van der Waals surface area contributed by atoms with Gasteiger partial charge in [0.15, 0.2) is 6.04 Å². The number of unbranched alkanes of at least 4 members (excludes halogenated alkanes) is 1. The maximum absolute atomic E-state index is 13.9. The average Bonchev–Trinajstić information content (AvgIpc) is 2.97. The molecule has 0 unspecified atom stereocenters. The van der Waals surface area contributed by atoms with E-state index in [0.717, 1.165) is 35.2 Å². The molecule has 1 heterocycles. The van der Waals surface area contributed by atoms with Gasteiger partial charge >= 0.3 is 6.18 Å². The van der Waals surface area contributed by atoms with Gasteiger partial charge in [0, 0.05) is 13.0 Å². The number of hydrogen-bond acceptors (Lipinski definition) is 2. The summed E-state index contributed by atoms with van der Waals surface area (Å²) in [5.74, 6) is -0.374. The Morgan fingerprint density at radius 1 is 1.20 bits per heavy atom. The molecule has 1 N–H and O–H groups in total. The molecule has 0 spiro atoms. The fourth-order valence-corrected chi connectivity index (χ4v) is 3.46. The van der Waals surface area contributed by atoms with Crippen LogP contribution in [0.2, 0.25) is 0 Å². The second-order valence-electron chi connectivity index (χ2n) is 6.39. The number of benzene rings is 2. The van der Waals surface area contributed by atoms with Crippen molar-refractivity contribution >= 4 is 16.7 Å². The van der Waals surface area contributed by atoms with E-state index in [2.05, 4.69) is 12.3 Å². The highest BCUT2D eigenvalue weighted by molar-refractivity contribution is 5.89. The van der Waals surface area contributed by atoms with Gasteiger partial charge in [-0.1, -0.05) is 49.7 Å². The first-order valence-corrected chi connectivity index (χ1v) is 8.55. The number of carbonyl (C=O) groups excluding carboxylic acids is 1. The molecule has 3 nitrogen and oxygen atoms in total. The summed E-state index contributed by atoms with van der Waals surface area (Å²) in [4.78, 5) is 11.5. The van der Waals surface area contributed by atoms with Crippen molar-refractivity contribution < 1.29 is 18.0 Å². The Hall–Kier alpha value is -2.08. The van der Waals surface area contributed by atoms with Crippen molar-refractivity contribution in [2.75, 3.05) is 6.54 Å². The van der Waals surface area contributed by atoms with Gasteiger partial charge in [-0.05, 0) is 34.7 Å². The van der Waals surface area contributed by atoms with E-state index in [4.69, 9.17) is 0 Å². The summed E-state index contributed by atoms with van der Waals surface area (Å²) in [6.45, 7) is 2.11. The Balaban J connectivity index is 2.15. The van der Waals surface area contributed by atoms with Crippen LogP contribution in [0.25, 0.3) is 10.8 Å². The fraction of sp³-hybridized carbons (Fsp3) is 0.421. The number of carbonyl (C=O) groups is 1. The minimum atomic E-state index is -4.48. The standard InChI is InChI=1S/C19H21F3N2O/c1-2-3-6-13-7-4-8-14-9-5-10-15(17(13)14)18(19(20,21)22)24-12-11-16(25)23-24/h4-5,7-10,18H,2-3,6,11-12H2,1H3,(H,23,25)/t18-/m0/s1. The lowest BCUT2D eigenvalue weighted by Gasteiger charge is -2.30. The molecule has 3 rings (SSSR count). The van der Waals surface area contributed by atoms with E-state index in [1.807, 2.05) is 24.3 Å². The summed E-state index contributed by atoms with van der Waals surface area (Å²) >= 11 is 0. The van der Waals surface area contributed by atoms with Crippen molar-refractivity contribution in [3.63, 3.8) is 0 Å². The second kappa shape index (κ2) is 7.04. The molecule has 1 aliphatic rings. The lowest BCUT2D eigenvalue weighted by atomic mass is 9.92. The summed E-state index contributed by atoms with van der Waals surface area (Å²) < 4.78 is 41.7. The molecule has 0 aromatic heterocycles. The number of nitrogens with zero attached hydrogens (tertiary/aromatic N) is 1. The SMILES string of the molecule is CCCCc1cccc2cccc([C@H](N3CCC(=O)N3)C(F)(F)F)c12. The molecule has 0 aliphatic carbocycles. The van der Waals surface area contributed by atoms with Crippen LogP contribution in [0.3, 0.4) is 0 Å². The Labute approximate surface area is 144 Å². The molecule has 0 bridgehead atoms. The first kappa shape index (κ1) is 17.7. The lowest BCUT2D eigenvalue weighted by molar-refractivity contribution is -0.190. The Bertz CT molecular complexity index is 768. The zero-order valence-electron chi connectivity index (χ0n) is 14.1. The third-order valence-electron chi connectivity index (χ3n) is 4.59. The maximum atomic E-state index is 13.9. The van der Waals surface area contributed by atoms with Crippen LogP contribution in [0.5, 0.6) is 0 Å². The highest BCUT2D eigenvalue weighted by Crippen LogP contribution is 2.41. The van der Waals surface area contributed by atoms with Crippen LogP contribution in [0.15, 0.2) is 36.4 Å². The second-order valence-corrected chi connectivity index (χ2v) is 6.39. The molecule has 0 radical (unpaired) electrons. The van der Waals surface area contributed by atoms with Crippen molar-refractivity contribution in [1.29, 1.82) is 0 Å². The molecule has 2 aromatic rings. The highest BCUT2D eigenvalue weighted by Gasteiger charge is 2.47. The summed E-state index contributed by atoms with van der Waals surface area (Å²) in [5, 5.41) is 2.47. The minimum absolute atomic E-state index is 0.0521. The van der Waals surface area contributed by atoms with E-state index in [1.54, 1.807) is 6.07 Å². The van der Waals surface area contributed by atoms with Gasteiger partial charge in [-0.2, -0.15) is 13.2 Å². The molecule has 1 aliphatic heterocycles. The average molecular weight is 350 g/mol. The molecule has 1 amide bonds. The topological polar surface area (TPSA) is 32.3 Å². The first-order valence-electron chi connectivity index (χ1n) is 8.55. The molecule has 2 aromatic carbocycles. The van der Waals surface area contributed by atoms with E-state index >= 15 is 0 Å². The van der Waals surface area contributed by atoms with Crippen LogP contribution in [-0.2, 0) is 11.2 Å². The van der Waals surface area contributed by atoms with Gasteiger partial charge in [0.25, 0.3) is 0 Å². The summed E-state index contributed by atoms with van der Waals surface area (Å²) in [7, 11) is 0. The number of nitrogens with one attached hydrogen (secondary N) is 1. The molecule has 1 atom stereocenters. The van der Waals surface area contributed by atoms with E-state index in [1.165, 1.54) is 6.07 Å². The van der Waals surface area contributed by atoms with Crippen LogP contribution in [-0.4, -0.2) is 23.6 Å². The molecular formula is C19H21F3N2O. The van der Waals surface area contributed by atoms with Crippen molar-refractivity contribution in [3.05, 3.63) is 47.5 Å². The number of hydrogen-bond donors (Lipinski definition) is 1. The largest absolute Gasteiger partial charge is 0.409 e. The van der Waals surface area contributed by atoms with E-state index in [-0.39, 0.29) is 24.4 Å². The number of halogens is 3. The fourth-order valence-electron chi connectivity index (χ4n) is 3.46. The van der Waals surface area contributed by atoms with Gasteiger partial charge in [-0.25, -0.2) is 5.01 Å². The molecule has 1 fully saturated rings. The van der Waals surface area contributed by atoms with Gasteiger partial charge < -0.3 is 0 Å². The van der Waals surface area contributed by atoms with Crippen molar-refractivity contribution in [3.8, 4) is 0 Å². The number of hydrazine groups is 1. The molecule has 134 valence electrons.